The van der Waals surface area contributed by atoms with Gasteiger partial charge in [0.15, 0.2) is 0 Å². The summed E-state index contributed by atoms with van der Waals surface area (Å²) in [7, 11) is 0. The van der Waals surface area contributed by atoms with Gasteiger partial charge >= 0.3 is 0 Å². The zero-order chi connectivity index (χ0) is 13.8. The molecule has 1 heterocycles. The van der Waals surface area contributed by atoms with Gasteiger partial charge in [-0.15, -0.1) is 0 Å². The summed E-state index contributed by atoms with van der Waals surface area (Å²) < 4.78 is 5.74. The van der Waals surface area contributed by atoms with Crippen molar-refractivity contribution >= 4 is 11.6 Å². The number of benzene rings is 1. The van der Waals surface area contributed by atoms with E-state index in [2.05, 4.69) is 4.98 Å². The largest absolute Gasteiger partial charge is 0.439 e. The molecule has 0 aliphatic rings. The molecule has 0 radical (unpaired) electrons. The number of aryl methyl sites for hydroxylation is 1. The first-order chi connectivity index (χ1) is 9.11. The molecule has 0 saturated carbocycles. The number of pyridine rings is 1. The quantitative estimate of drug-likeness (QED) is 0.913. The van der Waals surface area contributed by atoms with Gasteiger partial charge in [-0.05, 0) is 49.2 Å². The number of aliphatic hydroxyl groups excluding tert-OH is 1. The summed E-state index contributed by atoms with van der Waals surface area (Å²) >= 11 is 6.07. The van der Waals surface area contributed by atoms with Crippen LogP contribution in [-0.4, -0.2) is 10.1 Å². The highest BCUT2D eigenvalue weighted by atomic mass is 35.5. The van der Waals surface area contributed by atoms with Crippen molar-refractivity contribution in [3.63, 3.8) is 0 Å². The second-order valence-corrected chi connectivity index (χ2v) is 4.69. The minimum absolute atomic E-state index is 0.418. The molecule has 0 aliphatic carbocycles. The van der Waals surface area contributed by atoms with Gasteiger partial charge in [0.05, 0.1) is 6.10 Å². The van der Waals surface area contributed by atoms with Gasteiger partial charge < -0.3 is 9.84 Å². The van der Waals surface area contributed by atoms with Gasteiger partial charge in [0, 0.05) is 16.8 Å². The lowest BCUT2D eigenvalue weighted by molar-refractivity contribution is 0.194. The Balaban J connectivity index is 2.31. The lowest BCUT2D eigenvalue weighted by Gasteiger charge is -2.12. The highest BCUT2D eigenvalue weighted by molar-refractivity contribution is 6.31. The highest BCUT2D eigenvalue weighted by Crippen LogP contribution is 2.29. The Morgan fingerprint density at radius 2 is 2.16 bits per heavy atom. The van der Waals surface area contributed by atoms with Crippen LogP contribution in [0.5, 0.6) is 11.6 Å². The smallest absolute Gasteiger partial charge is 0.225 e. The topological polar surface area (TPSA) is 42.4 Å². The molecule has 0 amide bonds. The molecule has 1 atom stereocenters. The Morgan fingerprint density at radius 1 is 1.37 bits per heavy atom. The van der Waals surface area contributed by atoms with E-state index in [0.29, 0.717) is 17.2 Å². The van der Waals surface area contributed by atoms with Crippen molar-refractivity contribution in [2.75, 3.05) is 0 Å². The predicted molar refractivity (Wildman–Crippen MR) is 75.8 cm³/mol. The molecule has 0 spiro atoms. The number of rotatable bonds is 4. The molecule has 100 valence electrons. The van der Waals surface area contributed by atoms with Crippen molar-refractivity contribution in [2.45, 2.75) is 26.4 Å². The summed E-state index contributed by atoms with van der Waals surface area (Å²) in [5.41, 5.74) is 1.68. The summed E-state index contributed by atoms with van der Waals surface area (Å²) in [4.78, 5) is 4.16. The highest BCUT2D eigenvalue weighted by Gasteiger charge is 2.11. The number of nitrogens with zero attached hydrogens (tertiary/aromatic N) is 1. The Kier molecular flexibility index (Phi) is 4.40. The maximum atomic E-state index is 9.69. The maximum absolute atomic E-state index is 9.69. The van der Waals surface area contributed by atoms with Crippen LogP contribution >= 0.6 is 11.6 Å². The van der Waals surface area contributed by atoms with E-state index >= 15 is 0 Å². The first-order valence-electron chi connectivity index (χ1n) is 6.21. The van der Waals surface area contributed by atoms with Crippen LogP contribution < -0.4 is 4.74 Å². The monoisotopic (exact) mass is 277 g/mol. The van der Waals surface area contributed by atoms with Crippen molar-refractivity contribution in [1.29, 1.82) is 0 Å². The fraction of sp³-hybridized carbons (Fsp3) is 0.267. The lowest BCUT2D eigenvalue weighted by atomic mass is 10.1. The number of halogens is 1. The summed E-state index contributed by atoms with van der Waals surface area (Å²) in [5, 5.41) is 10.4. The minimum atomic E-state index is -0.623. The number of aliphatic hydroxyl groups is 1. The third kappa shape index (κ3) is 3.25. The van der Waals surface area contributed by atoms with Gasteiger partial charge in [0.25, 0.3) is 0 Å². The van der Waals surface area contributed by atoms with Crippen LogP contribution in [0, 0.1) is 0 Å². The summed E-state index contributed by atoms with van der Waals surface area (Å²) in [6, 6.07) is 9.06. The molecule has 2 aromatic rings. The summed E-state index contributed by atoms with van der Waals surface area (Å²) in [6.07, 6.45) is 1.85. The molecule has 0 unspecified atom stereocenters. The molecule has 1 N–H and O–H groups in total. The van der Waals surface area contributed by atoms with Gasteiger partial charge in [0.1, 0.15) is 5.75 Å². The first-order valence-corrected chi connectivity index (χ1v) is 6.59. The Morgan fingerprint density at radius 3 is 2.84 bits per heavy atom. The van der Waals surface area contributed by atoms with E-state index in [9.17, 15) is 5.11 Å². The molecule has 1 aromatic heterocycles. The van der Waals surface area contributed by atoms with Crippen molar-refractivity contribution in [3.8, 4) is 11.6 Å². The van der Waals surface area contributed by atoms with Crippen molar-refractivity contribution in [2.24, 2.45) is 0 Å². The zero-order valence-corrected chi connectivity index (χ0v) is 11.7. The molecule has 0 aliphatic heterocycles. The van der Waals surface area contributed by atoms with Crippen LogP contribution in [0.1, 0.15) is 31.1 Å². The van der Waals surface area contributed by atoms with Gasteiger partial charge in [-0.3, -0.25) is 0 Å². The molecule has 4 heteroatoms. The Hall–Kier alpha value is -1.58. The minimum Gasteiger partial charge on any atom is -0.439 e. The number of hydrogen-bond acceptors (Lipinski definition) is 3. The Bertz CT molecular complexity index is 570. The number of hydrogen-bond donors (Lipinski definition) is 1. The van der Waals surface area contributed by atoms with Crippen LogP contribution in [0.15, 0.2) is 36.5 Å². The van der Waals surface area contributed by atoms with Gasteiger partial charge in [-0.1, -0.05) is 18.5 Å². The second kappa shape index (κ2) is 6.04. The van der Waals surface area contributed by atoms with Crippen LogP contribution in [0.25, 0.3) is 0 Å². The van der Waals surface area contributed by atoms with E-state index in [1.165, 1.54) is 0 Å². The molecule has 2 rings (SSSR count). The number of ether oxygens (including phenoxy) is 1. The van der Waals surface area contributed by atoms with E-state index in [1.807, 2.05) is 13.0 Å². The average Bonchev–Trinajstić information content (AvgIpc) is 2.41. The summed E-state index contributed by atoms with van der Waals surface area (Å²) in [5.74, 6) is 1.09. The first kappa shape index (κ1) is 13.8. The molecule has 0 fully saturated rings. The van der Waals surface area contributed by atoms with Crippen LogP contribution in [0.2, 0.25) is 5.02 Å². The fourth-order valence-corrected chi connectivity index (χ4v) is 2.05. The molecule has 0 bridgehead atoms. The summed E-state index contributed by atoms with van der Waals surface area (Å²) in [6.45, 7) is 3.72. The third-order valence-corrected chi connectivity index (χ3v) is 3.23. The maximum Gasteiger partial charge on any atom is 0.225 e. The average molecular weight is 278 g/mol. The molecule has 19 heavy (non-hydrogen) atoms. The zero-order valence-electron chi connectivity index (χ0n) is 10.9. The van der Waals surface area contributed by atoms with Crippen molar-refractivity contribution < 1.29 is 9.84 Å². The standard InChI is InChI=1S/C15H16ClNO2/c1-3-11-9-12(6-7-14(11)16)19-15-13(10(2)18)5-4-8-17-15/h4-10,18H,3H2,1-2H3/t10-/m1/s1. The Labute approximate surface area is 117 Å². The van der Waals surface area contributed by atoms with Crippen LogP contribution in [0.4, 0.5) is 0 Å². The van der Waals surface area contributed by atoms with Crippen molar-refractivity contribution in [3.05, 3.63) is 52.7 Å². The number of aromatic nitrogens is 1. The van der Waals surface area contributed by atoms with E-state index in [0.717, 1.165) is 17.0 Å². The van der Waals surface area contributed by atoms with Crippen LogP contribution in [0.3, 0.4) is 0 Å². The SMILES string of the molecule is CCc1cc(Oc2ncccc2[C@@H](C)O)ccc1Cl. The fourth-order valence-electron chi connectivity index (χ4n) is 1.80. The molecule has 1 aromatic carbocycles. The molecular weight excluding hydrogens is 262 g/mol. The van der Waals surface area contributed by atoms with E-state index < -0.39 is 6.10 Å². The lowest BCUT2D eigenvalue weighted by Crippen LogP contribution is -1.98. The molecular formula is C15H16ClNO2. The van der Waals surface area contributed by atoms with Gasteiger partial charge in [-0.2, -0.15) is 0 Å². The molecule has 0 saturated heterocycles. The van der Waals surface area contributed by atoms with E-state index in [1.54, 1.807) is 37.4 Å². The van der Waals surface area contributed by atoms with E-state index in [4.69, 9.17) is 16.3 Å². The van der Waals surface area contributed by atoms with Gasteiger partial charge in [-0.25, -0.2) is 4.98 Å². The predicted octanol–water partition coefficient (Wildman–Crippen LogP) is 4.14. The second-order valence-electron chi connectivity index (χ2n) is 4.28. The normalized spacial score (nSPS) is 12.2. The van der Waals surface area contributed by atoms with Crippen molar-refractivity contribution in [1.82, 2.24) is 4.98 Å². The molecule has 3 nitrogen and oxygen atoms in total. The third-order valence-electron chi connectivity index (χ3n) is 2.86. The van der Waals surface area contributed by atoms with E-state index in [-0.39, 0.29) is 0 Å². The van der Waals surface area contributed by atoms with Crippen LogP contribution in [-0.2, 0) is 6.42 Å². The van der Waals surface area contributed by atoms with Gasteiger partial charge in [0.2, 0.25) is 5.88 Å².